The number of rotatable bonds is 8. The van der Waals surface area contributed by atoms with Crippen molar-refractivity contribution in [2.24, 2.45) is 10.8 Å². The molecule has 2 rings (SSSR count). The van der Waals surface area contributed by atoms with Crippen LogP contribution in [0.4, 0.5) is 0 Å². The van der Waals surface area contributed by atoms with E-state index >= 15 is 0 Å². The Morgan fingerprint density at radius 2 is 0.864 bits per heavy atom. The zero-order valence-corrected chi connectivity index (χ0v) is 28.7. The van der Waals surface area contributed by atoms with E-state index in [1.54, 1.807) is 13.8 Å². The van der Waals surface area contributed by atoms with Gasteiger partial charge in [0.2, 0.25) is 0 Å². The lowest BCUT2D eigenvalue weighted by Gasteiger charge is -2.43. The summed E-state index contributed by atoms with van der Waals surface area (Å²) in [6.07, 6.45) is 25.0. The summed E-state index contributed by atoms with van der Waals surface area (Å²) in [4.78, 5) is 0. The van der Waals surface area contributed by atoms with E-state index in [9.17, 15) is 20.4 Å². The van der Waals surface area contributed by atoms with Crippen molar-refractivity contribution in [3.63, 3.8) is 0 Å². The molecule has 0 aromatic rings. The largest absolute Gasteiger partial charge is 0.393 e. The van der Waals surface area contributed by atoms with Crippen LogP contribution in [-0.4, -0.2) is 43.8 Å². The predicted molar refractivity (Wildman–Crippen MR) is 185 cm³/mol. The quantitative estimate of drug-likeness (QED) is 0.166. The first kappa shape index (κ1) is 37.2. The third kappa shape index (κ3) is 11.5. The average Bonchev–Trinajstić information content (AvgIpc) is 2.83. The molecule has 2 fully saturated rings. The Hall–Kier alpha value is -2.94. The lowest BCUT2D eigenvalue weighted by Crippen LogP contribution is -2.45. The molecule has 0 aromatic heterocycles. The molecule has 240 valence electrons. The summed E-state index contributed by atoms with van der Waals surface area (Å²) in [7, 11) is 0. The standard InChI is InChI=1S/C40H56O4/c1-29(17-13-19-31(3)21-23-35-37(5,6)25-33(41)27-39(35,9)43)15-11-12-16-30(2)18-14-20-32(4)22-24-36-38(7,8)26-34(42)28-40(36,10)44/h11-22,33-34,41-44H,25-28H2,1-10H3. The first-order valence-corrected chi connectivity index (χ1v) is 15.7. The van der Waals surface area contributed by atoms with Crippen molar-refractivity contribution in [1.82, 2.24) is 0 Å². The fourth-order valence-corrected chi connectivity index (χ4v) is 6.51. The number of aliphatic hydroxyl groups excluding tert-OH is 2. The van der Waals surface area contributed by atoms with E-state index in [0.717, 1.165) is 33.4 Å². The zero-order chi connectivity index (χ0) is 33.3. The number of hydrogen-bond acceptors (Lipinski definition) is 4. The Morgan fingerprint density at radius 1 is 0.545 bits per heavy atom. The molecule has 0 amide bonds. The molecule has 0 heterocycles. The molecule has 4 unspecified atom stereocenters. The molecule has 0 saturated heterocycles. The van der Waals surface area contributed by atoms with Crippen LogP contribution in [0.15, 0.2) is 118 Å². The van der Waals surface area contributed by atoms with E-state index in [0.29, 0.717) is 25.7 Å². The molecule has 0 bridgehead atoms. The topological polar surface area (TPSA) is 80.9 Å². The summed E-state index contributed by atoms with van der Waals surface area (Å²) < 4.78 is 0. The fourth-order valence-electron chi connectivity index (χ4n) is 6.51. The monoisotopic (exact) mass is 600 g/mol. The summed E-state index contributed by atoms with van der Waals surface area (Å²) in [5, 5.41) is 41.9. The molecule has 4 N–H and O–H groups in total. The van der Waals surface area contributed by atoms with Gasteiger partial charge in [-0.3, -0.25) is 0 Å². The SMILES string of the molecule is CC(C=C=C1C(C)(C)CC(O)CC1(C)O)=CC=CC(C)=CC=CC=C(C)C=CC=C(C)C=C=C1C(C)(C)CC(O)CC1(C)O. The van der Waals surface area contributed by atoms with Crippen LogP contribution in [0, 0.1) is 10.8 Å². The van der Waals surface area contributed by atoms with Crippen LogP contribution in [0.3, 0.4) is 0 Å². The minimum Gasteiger partial charge on any atom is -0.393 e. The van der Waals surface area contributed by atoms with E-state index in [-0.39, 0.29) is 10.8 Å². The van der Waals surface area contributed by atoms with Gasteiger partial charge >= 0.3 is 0 Å². The van der Waals surface area contributed by atoms with E-state index in [4.69, 9.17) is 0 Å². The van der Waals surface area contributed by atoms with Crippen molar-refractivity contribution < 1.29 is 20.4 Å². The second kappa shape index (κ2) is 15.4. The minimum atomic E-state index is -1.06. The smallest absolute Gasteiger partial charge is 0.0931 e. The van der Waals surface area contributed by atoms with Crippen LogP contribution in [0.25, 0.3) is 0 Å². The van der Waals surface area contributed by atoms with Gasteiger partial charge in [0.1, 0.15) is 0 Å². The Bertz CT molecular complexity index is 1240. The Labute approximate surface area is 267 Å². The fraction of sp³-hybridized carbons (Fsp3) is 0.500. The number of allylic oxidation sites excluding steroid dienone is 14. The highest BCUT2D eigenvalue weighted by Crippen LogP contribution is 2.46. The van der Waals surface area contributed by atoms with Gasteiger partial charge in [-0.2, -0.15) is 0 Å². The van der Waals surface area contributed by atoms with Gasteiger partial charge in [-0.05, 0) is 88.5 Å². The molecule has 0 aliphatic heterocycles. The van der Waals surface area contributed by atoms with Crippen molar-refractivity contribution in [3.8, 4) is 0 Å². The minimum absolute atomic E-state index is 0.310. The van der Waals surface area contributed by atoms with Crippen molar-refractivity contribution in [2.75, 3.05) is 0 Å². The maximum atomic E-state index is 10.8. The zero-order valence-electron chi connectivity index (χ0n) is 28.7. The second-order valence-electron chi connectivity index (χ2n) is 14.5. The first-order chi connectivity index (χ1) is 20.2. The van der Waals surface area contributed by atoms with Gasteiger partial charge in [0, 0.05) is 24.0 Å². The maximum Gasteiger partial charge on any atom is 0.0931 e. The second-order valence-corrected chi connectivity index (χ2v) is 14.5. The summed E-state index contributed by atoms with van der Waals surface area (Å²) in [6, 6.07) is 0. The lowest BCUT2D eigenvalue weighted by molar-refractivity contribution is -0.0277. The molecule has 4 atom stereocenters. The van der Waals surface area contributed by atoms with E-state index in [2.05, 4.69) is 49.6 Å². The van der Waals surface area contributed by atoms with Crippen molar-refractivity contribution in [1.29, 1.82) is 0 Å². The summed E-state index contributed by atoms with van der Waals surface area (Å²) >= 11 is 0. The van der Waals surface area contributed by atoms with Crippen LogP contribution in [-0.2, 0) is 0 Å². The Kier molecular flexibility index (Phi) is 13.0. The van der Waals surface area contributed by atoms with Gasteiger partial charge in [-0.1, -0.05) is 99.6 Å². The molecule has 0 spiro atoms. The molecule has 4 nitrogen and oxygen atoms in total. The van der Waals surface area contributed by atoms with Gasteiger partial charge < -0.3 is 20.4 Å². The van der Waals surface area contributed by atoms with Crippen LogP contribution < -0.4 is 0 Å². The van der Waals surface area contributed by atoms with Crippen molar-refractivity contribution in [2.45, 2.75) is 118 Å². The van der Waals surface area contributed by atoms with Gasteiger partial charge in [0.05, 0.1) is 23.4 Å². The van der Waals surface area contributed by atoms with Gasteiger partial charge in [0.15, 0.2) is 0 Å². The summed E-state index contributed by atoms with van der Waals surface area (Å²) in [5.74, 6) is 0. The molecule has 2 aliphatic carbocycles. The molecule has 2 saturated carbocycles. The van der Waals surface area contributed by atoms with Crippen molar-refractivity contribution in [3.05, 3.63) is 118 Å². The van der Waals surface area contributed by atoms with E-state index in [1.807, 2.05) is 90.2 Å². The van der Waals surface area contributed by atoms with Crippen LogP contribution in [0.5, 0.6) is 0 Å². The maximum absolute atomic E-state index is 10.8. The summed E-state index contributed by atoms with van der Waals surface area (Å²) in [6.45, 7) is 19.8. The average molecular weight is 601 g/mol. The highest BCUT2D eigenvalue weighted by Gasteiger charge is 2.45. The molecule has 44 heavy (non-hydrogen) atoms. The van der Waals surface area contributed by atoms with Crippen LogP contribution in [0.1, 0.15) is 94.9 Å². The Balaban J connectivity index is 2.00. The predicted octanol–water partition coefficient (Wildman–Crippen LogP) is 8.47. The summed E-state index contributed by atoms with van der Waals surface area (Å²) in [5.41, 5.74) is 9.88. The number of aliphatic hydroxyl groups is 4. The third-order valence-corrected chi connectivity index (χ3v) is 8.34. The van der Waals surface area contributed by atoms with Gasteiger partial charge in [-0.15, -0.1) is 11.5 Å². The van der Waals surface area contributed by atoms with E-state index < -0.39 is 23.4 Å². The third-order valence-electron chi connectivity index (χ3n) is 8.34. The van der Waals surface area contributed by atoms with Gasteiger partial charge in [-0.25, -0.2) is 0 Å². The molecule has 0 aromatic carbocycles. The van der Waals surface area contributed by atoms with Crippen molar-refractivity contribution >= 4 is 0 Å². The number of hydrogen-bond donors (Lipinski definition) is 4. The van der Waals surface area contributed by atoms with Gasteiger partial charge in [0.25, 0.3) is 0 Å². The molecule has 0 radical (unpaired) electrons. The van der Waals surface area contributed by atoms with Crippen LogP contribution in [0.2, 0.25) is 0 Å². The highest BCUT2D eigenvalue weighted by molar-refractivity contribution is 5.34. The molecule has 2 aliphatic rings. The molecular formula is C40H56O4. The normalized spacial score (nSPS) is 30.2. The Morgan fingerprint density at radius 3 is 1.18 bits per heavy atom. The highest BCUT2D eigenvalue weighted by atomic mass is 16.3. The molecular weight excluding hydrogens is 544 g/mol. The van der Waals surface area contributed by atoms with E-state index in [1.165, 1.54) is 0 Å². The first-order valence-electron chi connectivity index (χ1n) is 15.7. The van der Waals surface area contributed by atoms with Crippen LogP contribution >= 0.6 is 0 Å². The molecule has 4 heteroatoms. The lowest BCUT2D eigenvalue weighted by atomic mass is 9.65.